The van der Waals surface area contributed by atoms with Crippen molar-refractivity contribution in [1.82, 2.24) is 0 Å². The van der Waals surface area contributed by atoms with Crippen LogP contribution in [0.3, 0.4) is 0 Å². The number of allylic oxidation sites excluding steroid dienone is 1. The van der Waals surface area contributed by atoms with Crippen molar-refractivity contribution in [2.45, 2.75) is 30.5 Å². The molecule has 0 radical (unpaired) electrons. The first-order valence-corrected chi connectivity index (χ1v) is 6.00. The summed E-state index contributed by atoms with van der Waals surface area (Å²) in [6.07, 6.45) is 5.79. The molecule has 0 heterocycles. The van der Waals surface area contributed by atoms with Gasteiger partial charge in [-0.15, -0.1) is 0 Å². The molecule has 12 heavy (non-hydrogen) atoms. The van der Waals surface area contributed by atoms with E-state index < -0.39 is 5.95 Å². The summed E-state index contributed by atoms with van der Waals surface area (Å²) in [6, 6.07) is 0. The fourth-order valence-electron chi connectivity index (χ4n) is 0.856. The summed E-state index contributed by atoms with van der Waals surface area (Å²) in [6.45, 7) is 0. The minimum atomic E-state index is -0.600. The largest absolute Gasteiger partial charge is 0.481 e. The van der Waals surface area contributed by atoms with Crippen LogP contribution in [0.2, 0.25) is 0 Å². The Labute approximate surface area is 89.9 Å². The normalized spacial score (nSPS) is 12.5. The summed E-state index contributed by atoms with van der Waals surface area (Å²) in [5.74, 6) is -0.600. The highest BCUT2D eigenvalue weighted by Crippen LogP contribution is 2.13. The summed E-state index contributed by atoms with van der Waals surface area (Å²) in [7, 11) is 0. The molecule has 0 aromatic carbocycles. The van der Waals surface area contributed by atoms with Crippen molar-refractivity contribution in [3.63, 3.8) is 0 Å². The first-order valence-electron chi connectivity index (χ1n) is 3.96. The van der Waals surface area contributed by atoms with Crippen LogP contribution >= 0.6 is 31.9 Å². The molecule has 0 saturated heterocycles. The van der Waals surface area contributed by atoms with Crippen LogP contribution in [0, 0.1) is 0 Å². The lowest BCUT2D eigenvalue weighted by molar-refractivity contribution is 0.189. The summed E-state index contributed by atoms with van der Waals surface area (Å²) in [5, 5.41) is 18.1. The van der Waals surface area contributed by atoms with Gasteiger partial charge in [0.2, 0.25) is 0 Å². The van der Waals surface area contributed by atoms with Crippen LogP contribution in [0.4, 0.5) is 0 Å². The van der Waals surface area contributed by atoms with Crippen molar-refractivity contribution < 1.29 is 10.2 Å². The molecule has 0 aliphatic rings. The van der Waals surface area contributed by atoms with Gasteiger partial charge in [-0.3, -0.25) is 0 Å². The number of aliphatic hydroxyl groups excluding tert-OH is 1. The van der Waals surface area contributed by atoms with Crippen LogP contribution in [0.25, 0.3) is 0 Å². The number of halogens is 2. The highest BCUT2D eigenvalue weighted by atomic mass is 79.9. The van der Waals surface area contributed by atoms with Gasteiger partial charge in [0.05, 0.1) is 0 Å². The zero-order valence-electron chi connectivity index (χ0n) is 6.84. The minimum absolute atomic E-state index is 0.0813. The molecule has 0 amide bonds. The lowest BCUT2D eigenvalue weighted by atomic mass is 10.1. The van der Waals surface area contributed by atoms with E-state index in [-0.39, 0.29) is 4.83 Å². The molecule has 1 atom stereocenters. The van der Waals surface area contributed by atoms with E-state index >= 15 is 0 Å². The van der Waals surface area contributed by atoms with Gasteiger partial charge in [-0.1, -0.05) is 44.7 Å². The van der Waals surface area contributed by atoms with Gasteiger partial charge < -0.3 is 10.2 Å². The number of hydrogen-bond donors (Lipinski definition) is 2. The molecule has 1 unspecified atom stereocenters. The molecule has 0 fully saturated rings. The van der Waals surface area contributed by atoms with Crippen molar-refractivity contribution in [2.75, 3.05) is 5.33 Å². The fraction of sp³-hybridized carbons (Fsp3) is 0.750. The second kappa shape index (κ2) is 7.92. The molecule has 0 rings (SSSR count). The zero-order valence-corrected chi connectivity index (χ0v) is 10.0. The Bertz CT molecular complexity index is 133. The van der Waals surface area contributed by atoms with Crippen molar-refractivity contribution in [1.29, 1.82) is 0 Å². The Morgan fingerprint density at radius 3 is 2.42 bits per heavy atom. The van der Waals surface area contributed by atoms with Crippen molar-refractivity contribution in [3.05, 3.63) is 12.0 Å². The van der Waals surface area contributed by atoms with E-state index in [1.807, 2.05) is 0 Å². The number of aliphatic hydroxyl groups is 2. The molecule has 0 aromatic rings. The summed E-state index contributed by atoms with van der Waals surface area (Å²) < 4.78 is 0. The number of unbranched alkanes of at least 4 members (excludes halogenated alkanes) is 2. The average molecular weight is 302 g/mol. The lowest BCUT2D eigenvalue weighted by Gasteiger charge is -2.02. The second-order valence-electron chi connectivity index (χ2n) is 2.58. The van der Waals surface area contributed by atoms with E-state index in [2.05, 4.69) is 31.9 Å². The molecular weight excluding hydrogens is 288 g/mol. The fourth-order valence-corrected chi connectivity index (χ4v) is 1.81. The number of alkyl halides is 2. The number of rotatable bonds is 6. The summed E-state index contributed by atoms with van der Waals surface area (Å²) >= 11 is 6.68. The van der Waals surface area contributed by atoms with Gasteiger partial charge in [0, 0.05) is 16.2 Å². The van der Waals surface area contributed by atoms with E-state index in [0.29, 0.717) is 0 Å². The molecule has 4 heteroatoms. The molecule has 0 aromatic heterocycles. The Morgan fingerprint density at radius 1 is 1.25 bits per heavy atom. The predicted octanol–water partition coefficient (Wildman–Crippen LogP) is 3.66. The van der Waals surface area contributed by atoms with Gasteiger partial charge in [-0.05, 0) is 12.8 Å². The Hall–Kier alpha value is 0.300. The highest BCUT2D eigenvalue weighted by Gasteiger charge is 2.01. The molecule has 0 aliphatic carbocycles. The van der Waals surface area contributed by atoms with Gasteiger partial charge in [0.1, 0.15) is 0 Å². The van der Waals surface area contributed by atoms with Crippen molar-refractivity contribution in [2.24, 2.45) is 0 Å². The maximum atomic E-state index is 8.50. The first kappa shape index (κ1) is 12.3. The zero-order chi connectivity index (χ0) is 9.40. The standard InChI is InChI=1S/C8H14Br2O2/c9-5-3-1-2-4-7(10)6-8(11)12/h6-7,11-12H,1-5H2. The van der Waals surface area contributed by atoms with Crippen molar-refractivity contribution >= 4 is 31.9 Å². The summed E-state index contributed by atoms with van der Waals surface area (Å²) in [4.78, 5) is 0.0813. The monoisotopic (exact) mass is 300 g/mol. The summed E-state index contributed by atoms with van der Waals surface area (Å²) in [5.41, 5.74) is 0. The Morgan fingerprint density at radius 2 is 1.92 bits per heavy atom. The van der Waals surface area contributed by atoms with E-state index in [1.54, 1.807) is 0 Å². The van der Waals surface area contributed by atoms with Crippen LogP contribution in [0.1, 0.15) is 25.7 Å². The van der Waals surface area contributed by atoms with E-state index in [4.69, 9.17) is 10.2 Å². The maximum absolute atomic E-state index is 8.50. The Kier molecular flexibility index (Phi) is 8.12. The van der Waals surface area contributed by atoms with Crippen LogP contribution in [0.15, 0.2) is 12.0 Å². The lowest BCUT2D eigenvalue weighted by Crippen LogP contribution is -1.95. The van der Waals surface area contributed by atoms with Gasteiger partial charge in [-0.2, -0.15) is 0 Å². The minimum Gasteiger partial charge on any atom is -0.481 e. The smallest absolute Gasteiger partial charge is 0.271 e. The predicted molar refractivity (Wildman–Crippen MR) is 58.3 cm³/mol. The first-order chi connectivity index (χ1) is 5.66. The SMILES string of the molecule is OC(O)=CC(Br)CCCCCBr. The quantitative estimate of drug-likeness (QED) is 0.446. The van der Waals surface area contributed by atoms with Crippen LogP contribution < -0.4 is 0 Å². The molecule has 2 N–H and O–H groups in total. The molecule has 0 spiro atoms. The number of hydrogen-bond acceptors (Lipinski definition) is 2. The van der Waals surface area contributed by atoms with E-state index in [1.165, 1.54) is 18.9 Å². The molecule has 0 saturated carbocycles. The topological polar surface area (TPSA) is 40.5 Å². The third-order valence-corrected chi connectivity index (χ3v) is 2.73. The molecule has 0 bridgehead atoms. The second-order valence-corrected chi connectivity index (χ2v) is 4.55. The van der Waals surface area contributed by atoms with Gasteiger partial charge in [0.25, 0.3) is 5.95 Å². The Balaban J connectivity index is 3.32. The maximum Gasteiger partial charge on any atom is 0.271 e. The van der Waals surface area contributed by atoms with Crippen LogP contribution in [-0.2, 0) is 0 Å². The van der Waals surface area contributed by atoms with Crippen molar-refractivity contribution in [3.8, 4) is 0 Å². The van der Waals surface area contributed by atoms with E-state index in [9.17, 15) is 0 Å². The van der Waals surface area contributed by atoms with Gasteiger partial charge in [-0.25, -0.2) is 0 Å². The van der Waals surface area contributed by atoms with E-state index in [0.717, 1.165) is 18.2 Å². The molecule has 2 nitrogen and oxygen atoms in total. The molecule has 0 aliphatic heterocycles. The third kappa shape index (κ3) is 8.40. The highest BCUT2D eigenvalue weighted by molar-refractivity contribution is 9.09. The molecular formula is C8H14Br2O2. The third-order valence-electron chi connectivity index (χ3n) is 1.44. The van der Waals surface area contributed by atoms with Gasteiger partial charge in [0.15, 0.2) is 0 Å². The van der Waals surface area contributed by atoms with Crippen LogP contribution in [-0.4, -0.2) is 20.4 Å². The van der Waals surface area contributed by atoms with Gasteiger partial charge >= 0.3 is 0 Å². The average Bonchev–Trinajstić information content (AvgIpc) is 1.97. The molecule has 72 valence electrons. The van der Waals surface area contributed by atoms with Crippen LogP contribution in [0.5, 0.6) is 0 Å².